The number of hydrogen-bond donors (Lipinski definition) is 1. The van der Waals surface area contributed by atoms with Crippen molar-refractivity contribution in [3.63, 3.8) is 0 Å². The normalized spacial score (nSPS) is 19.7. The van der Waals surface area contributed by atoms with E-state index in [-0.39, 0.29) is 11.5 Å². The van der Waals surface area contributed by atoms with Crippen molar-refractivity contribution in [1.82, 2.24) is 14.9 Å². The van der Waals surface area contributed by atoms with Crippen LogP contribution in [-0.4, -0.2) is 38.7 Å². The first kappa shape index (κ1) is 15.0. The highest BCUT2D eigenvalue weighted by atomic mass is 79.9. The van der Waals surface area contributed by atoms with Crippen molar-refractivity contribution in [3.8, 4) is 0 Å². The lowest BCUT2D eigenvalue weighted by Gasteiger charge is -2.41. The molecule has 20 heavy (non-hydrogen) atoms. The van der Waals surface area contributed by atoms with Gasteiger partial charge in [-0.05, 0) is 33.3 Å². The molecule has 1 aliphatic heterocycles. The zero-order valence-corrected chi connectivity index (χ0v) is 13.4. The van der Waals surface area contributed by atoms with E-state index in [1.807, 2.05) is 6.08 Å². The van der Waals surface area contributed by atoms with E-state index in [4.69, 9.17) is 0 Å². The smallest absolute Gasteiger partial charge is 0.407 e. The number of nitrogens with zero attached hydrogens (tertiary/aromatic N) is 3. The van der Waals surface area contributed by atoms with Crippen molar-refractivity contribution in [2.45, 2.75) is 33.2 Å². The van der Waals surface area contributed by atoms with Gasteiger partial charge in [0.2, 0.25) is 0 Å². The molecule has 1 aliphatic rings. The van der Waals surface area contributed by atoms with Gasteiger partial charge in [0.05, 0.1) is 4.47 Å². The molecule has 1 amide bonds. The van der Waals surface area contributed by atoms with Gasteiger partial charge in [-0.1, -0.05) is 26.8 Å². The largest absolute Gasteiger partial charge is 0.465 e. The molecular weight excluding hydrogens is 322 g/mol. The highest BCUT2D eigenvalue weighted by molar-refractivity contribution is 9.10. The van der Waals surface area contributed by atoms with Crippen molar-refractivity contribution < 1.29 is 9.90 Å². The zero-order valence-electron chi connectivity index (χ0n) is 11.8. The fourth-order valence-corrected chi connectivity index (χ4v) is 2.59. The van der Waals surface area contributed by atoms with Crippen LogP contribution < -0.4 is 0 Å². The zero-order chi connectivity index (χ0) is 14.9. The number of carbonyl (C=O) groups is 1. The third kappa shape index (κ3) is 3.17. The fourth-order valence-electron chi connectivity index (χ4n) is 2.38. The Kier molecular flexibility index (Phi) is 4.13. The molecule has 1 N–H and O–H groups in total. The summed E-state index contributed by atoms with van der Waals surface area (Å²) in [6, 6.07) is -0.0766. The average Bonchev–Trinajstić information content (AvgIpc) is 2.38. The lowest BCUT2D eigenvalue weighted by atomic mass is 9.80. The third-order valence-electron chi connectivity index (χ3n) is 3.48. The van der Waals surface area contributed by atoms with E-state index < -0.39 is 6.09 Å². The maximum Gasteiger partial charge on any atom is 0.407 e. The minimum atomic E-state index is -0.878. The molecule has 108 valence electrons. The quantitative estimate of drug-likeness (QED) is 0.851. The van der Waals surface area contributed by atoms with Gasteiger partial charge < -0.3 is 10.0 Å². The molecule has 0 aromatic carbocycles. The molecule has 0 saturated carbocycles. The van der Waals surface area contributed by atoms with Gasteiger partial charge in [0.1, 0.15) is 0 Å². The number of halogens is 1. The average molecular weight is 340 g/mol. The summed E-state index contributed by atoms with van der Waals surface area (Å²) in [7, 11) is 0. The lowest BCUT2D eigenvalue weighted by molar-refractivity contribution is 0.0883. The van der Waals surface area contributed by atoms with E-state index in [2.05, 4.69) is 46.7 Å². The summed E-state index contributed by atoms with van der Waals surface area (Å²) < 4.78 is 0.831. The van der Waals surface area contributed by atoms with Gasteiger partial charge in [-0.15, -0.1) is 0 Å². The van der Waals surface area contributed by atoms with E-state index in [1.165, 1.54) is 4.90 Å². The maximum absolute atomic E-state index is 11.4. The lowest BCUT2D eigenvalue weighted by Crippen LogP contribution is -2.48. The molecule has 0 aliphatic carbocycles. The topological polar surface area (TPSA) is 66.3 Å². The number of hydrogen-bond acceptors (Lipinski definition) is 3. The summed E-state index contributed by atoms with van der Waals surface area (Å²) >= 11 is 3.31. The Labute approximate surface area is 126 Å². The van der Waals surface area contributed by atoms with Crippen LogP contribution in [0, 0.1) is 5.41 Å². The molecule has 6 heteroatoms. The second-order valence-electron chi connectivity index (χ2n) is 5.98. The molecule has 0 bridgehead atoms. The van der Waals surface area contributed by atoms with Gasteiger partial charge in [0.15, 0.2) is 5.82 Å². The first-order valence-electron chi connectivity index (χ1n) is 6.45. The number of rotatable bonds is 1. The van der Waals surface area contributed by atoms with E-state index in [9.17, 15) is 9.90 Å². The van der Waals surface area contributed by atoms with Crippen LogP contribution in [-0.2, 0) is 0 Å². The van der Waals surface area contributed by atoms with E-state index in [1.54, 1.807) is 12.4 Å². The predicted molar refractivity (Wildman–Crippen MR) is 80.3 cm³/mol. The first-order chi connectivity index (χ1) is 9.29. The van der Waals surface area contributed by atoms with Crippen LogP contribution in [0.1, 0.15) is 33.0 Å². The second-order valence-corrected chi connectivity index (χ2v) is 6.89. The summed E-state index contributed by atoms with van der Waals surface area (Å²) in [4.78, 5) is 21.4. The Morgan fingerprint density at radius 3 is 2.50 bits per heavy atom. The molecule has 1 aromatic heterocycles. The van der Waals surface area contributed by atoms with Crippen molar-refractivity contribution in [1.29, 1.82) is 0 Å². The Morgan fingerprint density at radius 2 is 2.00 bits per heavy atom. The van der Waals surface area contributed by atoms with Crippen molar-refractivity contribution in [3.05, 3.63) is 28.8 Å². The van der Waals surface area contributed by atoms with Crippen LogP contribution in [0.25, 0.3) is 5.57 Å². The minimum absolute atomic E-state index is 0.0766. The fraction of sp³-hybridized carbons (Fsp3) is 0.500. The van der Waals surface area contributed by atoms with E-state index in [0.717, 1.165) is 10.0 Å². The Bertz CT molecular complexity index is 534. The summed E-state index contributed by atoms with van der Waals surface area (Å²) in [5.41, 5.74) is 0.878. The van der Waals surface area contributed by atoms with Gasteiger partial charge in [0, 0.05) is 25.0 Å². The third-order valence-corrected chi connectivity index (χ3v) is 3.89. The molecular formula is C14H18BrN3O2. The van der Waals surface area contributed by atoms with Crippen LogP contribution in [0.3, 0.4) is 0 Å². The number of amides is 1. The van der Waals surface area contributed by atoms with Gasteiger partial charge in [-0.3, -0.25) is 0 Å². The van der Waals surface area contributed by atoms with Gasteiger partial charge >= 0.3 is 6.09 Å². The molecule has 0 radical (unpaired) electrons. The molecule has 1 unspecified atom stereocenters. The summed E-state index contributed by atoms with van der Waals surface area (Å²) in [5.74, 6) is 0.674. The Balaban J connectivity index is 2.30. The predicted octanol–water partition coefficient (Wildman–Crippen LogP) is 3.42. The molecule has 2 rings (SSSR count). The summed E-state index contributed by atoms with van der Waals surface area (Å²) in [6.45, 7) is 6.54. The minimum Gasteiger partial charge on any atom is -0.465 e. The molecule has 5 nitrogen and oxygen atoms in total. The highest BCUT2D eigenvalue weighted by Gasteiger charge is 2.36. The van der Waals surface area contributed by atoms with Gasteiger partial charge in [0.25, 0.3) is 0 Å². The van der Waals surface area contributed by atoms with Crippen LogP contribution in [0.5, 0.6) is 0 Å². The standard InChI is InChI=1S/C14H18BrN3O2/c1-14(2,3)11-6-9(4-5-18(11)13(19)20)12-16-7-10(15)8-17-12/h4,7-8,11H,5-6H2,1-3H3,(H,19,20). The molecule has 2 heterocycles. The van der Waals surface area contributed by atoms with Crippen molar-refractivity contribution in [2.24, 2.45) is 5.41 Å². The summed E-state index contributed by atoms with van der Waals surface area (Å²) in [6.07, 6.45) is 5.08. The van der Waals surface area contributed by atoms with Crippen LogP contribution in [0.4, 0.5) is 4.79 Å². The maximum atomic E-state index is 11.4. The second kappa shape index (κ2) is 5.52. The number of aromatic nitrogens is 2. The molecule has 1 atom stereocenters. The van der Waals surface area contributed by atoms with Crippen molar-refractivity contribution >= 4 is 27.6 Å². The SMILES string of the molecule is CC(C)(C)C1CC(c2ncc(Br)cn2)=CCN1C(=O)O. The van der Waals surface area contributed by atoms with Crippen LogP contribution in [0.2, 0.25) is 0 Å². The Morgan fingerprint density at radius 1 is 1.40 bits per heavy atom. The van der Waals surface area contributed by atoms with Gasteiger partial charge in [-0.2, -0.15) is 0 Å². The first-order valence-corrected chi connectivity index (χ1v) is 7.25. The molecule has 0 saturated heterocycles. The molecule has 1 aromatic rings. The van der Waals surface area contributed by atoms with E-state index >= 15 is 0 Å². The van der Waals surface area contributed by atoms with Gasteiger partial charge in [-0.25, -0.2) is 14.8 Å². The summed E-state index contributed by atoms with van der Waals surface area (Å²) in [5, 5.41) is 9.32. The van der Waals surface area contributed by atoms with Crippen LogP contribution in [0.15, 0.2) is 22.9 Å². The molecule has 0 spiro atoms. The van der Waals surface area contributed by atoms with Crippen LogP contribution >= 0.6 is 15.9 Å². The number of carboxylic acid groups (broad SMARTS) is 1. The molecule has 0 fully saturated rings. The Hall–Kier alpha value is -1.43. The highest BCUT2D eigenvalue weighted by Crippen LogP contribution is 2.34. The monoisotopic (exact) mass is 339 g/mol. The van der Waals surface area contributed by atoms with Crippen molar-refractivity contribution in [2.75, 3.05) is 6.54 Å². The van der Waals surface area contributed by atoms with E-state index in [0.29, 0.717) is 18.8 Å².